The van der Waals surface area contributed by atoms with Crippen LogP contribution in [0.1, 0.15) is 51.2 Å². The molecule has 1 unspecified atom stereocenters. The van der Waals surface area contributed by atoms with Gasteiger partial charge in [0.2, 0.25) is 0 Å². The number of phenolic OH excluding ortho intramolecular Hbond substituents is 1. The summed E-state index contributed by atoms with van der Waals surface area (Å²) in [7, 11) is 0. The van der Waals surface area contributed by atoms with Crippen LogP contribution < -0.4 is 0 Å². The molecule has 1 fully saturated rings. The van der Waals surface area contributed by atoms with Gasteiger partial charge in [0, 0.05) is 11.0 Å². The highest BCUT2D eigenvalue weighted by Crippen LogP contribution is 2.55. The van der Waals surface area contributed by atoms with Gasteiger partial charge in [-0.1, -0.05) is 33.3 Å². The van der Waals surface area contributed by atoms with Crippen LogP contribution in [0.15, 0.2) is 18.2 Å². The number of benzene rings is 1. The molecule has 94 valence electrons. The normalized spacial score (nSPS) is 27.3. The zero-order valence-corrected chi connectivity index (χ0v) is 11.0. The van der Waals surface area contributed by atoms with E-state index in [9.17, 15) is 10.2 Å². The Kier molecular flexibility index (Phi) is 2.94. The van der Waals surface area contributed by atoms with Crippen LogP contribution in [-0.2, 0) is 12.0 Å². The van der Waals surface area contributed by atoms with Crippen molar-refractivity contribution in [3.63, 3.8) is 0 Å². The van der Waals surface area contributed by atoms with Gasteiger partial charge in [-0.15, -0.1) is 0 Å². The molecule has 1 aromatic carbocycles. The fourth-order valence-corrected chi connectivity index (χ4v) is 3.12. The van der Waals surface area contributed by atoms with Gasteiger partial charge in [-0.25, -0.2) is 0 Å². The molecule has 0 aliphatic heterocycles. The SMILES string of the molecule is CC1(C)CCCC1(C)c1cc(CO)ccc1O. The lowest BCUT2D eigenvalue weighted by Crippen LogP contribution is -2.34. The Morgan fingerprint density at radius 3 is 2.41 bits per heavy atom. The number of aromatic hydroxyl groups is 1. The molecular weight excluding hydrogens is 212 g/mol. The Morgan fingerprint density at radius 2 is 1.88 bits per heavy atom. The molecule has 0 amide bonds. The second-order valence-corrected chi connectivity index (χ2v) is 6.08. The molecule has 17 heavy (non-hydrogen) atoms. The molecule has 0 aromatic heterocycles. The number of aliphatic hydroxyl groups is 1. The molecule has 0 bridgehead atoms. The summed E-state index contributed by atoms with van der Waals surface area (Å²) in [6.07, 6.45) is 3.49. The van der Waals surface area contributed by atoms with Crippen LogP contribution in [0.4, 0.5) is 0 Å². The average molecular weight is 234 g/mol. The highest BCUT2D eigenvalue weighted by molar-refractivity contribution is 5.43. The van der Waals surface area contributed by atoms with Crippen LogP contribution in [-0.4, -0.2) is 10.2 Å². The highest BCUT2D eigenvalue weighted by Gasteiger charge is 2.47. The van der Waals surface area contributed by atoms with Crippen molar-refractivity contribution in [1.82, 2.24) is 0 Å². The summed E-state index contributed by atoms with van der Waals surface area (Å²) in [6, 6.07) is 5.45. The number of hydrogen-bond acceptors (Lipinski definition) is 2. The van der Waals surface area contributed by atoms with E-state index in [2.05, 4.69) is 20.8 Å². The third-order valence-electron chi connectivity index (χ3n) is 4.81. The summed E-state index contributed by atoms with van der Waals surface area (Å²) in [5.74, 6) is 0.361. The molecule has 1 aromatic rings. The van der Waals surface area contributed by atoms with Crippen LogP contribution in [0.2, 0.25) is 0 Å². The molecule has 0 heterocycles. The number of hydrogen-bond donors (Lipinski definition) is 2. The van der Waals surface area contributed by atoms with Crippen LogP contribution >= 0.6 is 0 Å². The maximum Gasteiger partial charge on any atom is 0.119 e. The molecule has 0 saturated heterocycles. The van der Waals surface area contributed by atoms with Gasteiger partial charge >= 0.3 is 0 Å². The zero-order valence-electron chi connectivity index (χ0n) is 11.0. The van der Waals surface area contributed by atoms with E-state index < -0.39 is 0 Å². The molecule has 2 rings (SSSR count). The monoisotopic (exact) mass is 234 g/mol. The summed E-state index contributed by atoms with van der Waals surface area (Å²) in [6.45, 7) is 6.80. The maximum atomic E-state index is 10.1. The van der Waals surface area contributed by atoms with Crippen molar-refractivity contribution >= 4 is 0 Å². The van der Waals surface area contributed by atoms with E-state index in [0.29, 0.717) is 5.75 Å². The second kappa shape index (κ2) is 4.02. The Balaban J connectivity index is 2.52. The number of rotatable bonds is 2. The van der Waals surface area contributed by atoms with Gasteiger partial charge in [-0.05, 0) is 36.0 Å². The van der Waals surface area contributed by atoms with E-state index in [1.54, 1.807) is 12.1 Å². The van der Waals surface area contributed by atoms with Gasteiger partial charge < -0.3 is 10.2 Å². The molecule has 2 heteroatoms. The minimum Gasteiger partial charge on any atom is -0.508 e. The largest absolute Gasteiger partial charge is 0.508 e. The van der Waals surface area contributed by atoms with Crippen molar-refractivity contribution in [2.75, 3.05) is 0 Å². The first-order valence-electron chi connectivity index (χ1n) is 6.34. The lowest BCUT2D eigenvalue weighted by Gasteiger charge is -2.39. The van der Waals surface area contributed by atoms with Crippen molar-refractivity contribution < 1.29 is 10.2 Å². The van der Waals surface area contributed by atoms with Crippen molar-refractivity contribution in [2.45, 2.75) is 52.1 Å². The predicted octanol–water partition coefficient (Wildman–Crippen LogP) is 3.35. The van der Waals surface area contributed by atoms with E-state index >= 15 is 0 Å². The Labute approximate surface area is 103 Å². The third kappa shape index (κ3) is 1.85. The van der Waals surface area contributed by atoms with Crippen molar-refractivity contribution in [3.8, 4) is 5.75 Å². The maximum absolute atomic E-state index is 10.1. The Bertz CT molecular complexity index is 423. The van der Waals surface area contributed by atoms with E-state index in [0.717, 1.165) is 17.5 Å². The van der Waals surface area contributed by atoms with Crippen molar-refractivity contribution in [3.05, 3.63) is 29.3 Å². The molecule has 1 saturated carbocycles. The fraction of sp³-hybridized carbons (Fsp3) is 0.600. The second-order valence-electron chi connectivity index (χ2n) is 6.08. The number of phenols is 1. The van der Waals surface area contributed by atoms with Gasteiger partial charge in [0.25, 0.3) is 0 Å². The van der Waals surface area contributed by atoms with Gasteiger partial charge in [0.1, 0.15) is 5.75 Å². The van der Waals surface area contributed by atoms with E-state index in [1.807, 2.05) is 6.07 Å². The smallest absolute Gasteiger partial charge is 0.119 e. The fourth-order valence-electron chi connectivity index (χ4n) is 3.12. The van der Waals surface area contributed by atoms with Crippen LogP contribution in [0.25, 0.3) is 0 Å². The standard InChI is InChI=1S/C15H22O2/c1-14(2)7-4-8-15(14,3)12-9-11(10-16)5-6-13(12)17/h5-6,9,16-17H,4,7-8,10H2,1-3H3. The molecule has 0 radical (unpaired) electrons. The molecular formula is C15H22O2. The minimum atomic E-state index is 0.00225. The van der Waals surface area contributed by atoms with Crippen molar-refractivity contribution in [1.29, 1.82) is 0 Å². The molecule has 1 aliphatic rings. The quantitative estimate of drug-likeness (QED) is 0.823. The topological polar surface area (TPSA) is 40.5 Å². The molecule has 1 aliphatic carbocycles. The average Bonchev–Trinajstić information content (AvgIpc) is 2.55. The predicted molar refractivity (Wildman–Crippen MR) is 69.0 cm³/mol. The lowest BCUT2D eigenvalue weighted by molar-refractivity contribution is 0.218. The Hall–Kier alpha value is -1.02. The van der Waals surface area contributed by atoms with Crippen LogP contribution in [0.3, 0.4) is 0 Å². The van der Waals surface area contributed by atoms with Crippen LogP contribution in [0, 0.1) is 5.41 Å². The Morgan fingerprint density at radius 1 is 1.18 bits per heavy atom. The van der Waals surface area contributed by atoms with Gasteiger partial charge in [0.15, 0.2) is 0 Å². The molecule has 0 spiro atoms. The van der Waals surface area contributed by atoms with E-state index in [4.69, 9.17) is 0 Å². The highest BCUT2D eigenvalue weighted by atomic mass is 16.3. The first kappa shape index (κ1) is 12.4. The van der Waals surface area contributed by atoms with Gasteiger partial charge in [-0.3, -0.25) is 0 Å². The van der Waals surface area contributed by atoms with Gasteiger partial charge in [-0.2, -0.15) is 0 Å². The molecule has 1 atom stereocenters. The first-order chi connectivity index (χ1) is 7.90. The summed E-state index contributed by atoms with van der Waals surface area (Å²) in [5, 5.41) is 19.3. The first-order valence-corrected chi connectivity index (χ1v) is 6.34. The number of aliphatic hydroxyl groups excluding tert-OH is 1. The van der Waals surface area contributed by atoms with E-state index in [1.165, 1.54) is 12.8 Å². The van der Waals surface area contributed by atoms with Crippen molar-refractivity contribution in [2.24, 2.45) is 5.41 Å². The summed E-state index contributed by atoms with van der Waals surface area (Å²) in [5.41, 5.74) is 2.06. The summed E-state index contributed by atoms with van der Waals surface area (Å²) >= 11 is 0. The zero-order chi connectivity index (χ0) is 12.7. The summed E-state index contributed by atoms with van der Waals surface area (Å²) in [4.78, 5) is 0. The lowest BCUT2D eigenvalue weighted by atomic mass is 9.65. The molecule has 2 nitrogen and oxygen atoms in total. The van der Waals surface area contributed by atoms with E-state index in [-0.39, 0.29) is 17.4 Å². The van der Waals surface area contributed by atoms with Gasteiger partial charge in [0.05, 0.1) is 6.61 Å². The van der Waals surface area contributed by atoms with Crippen LogP contribution in [0.5, 0.6) is 5.75 Å². The third-order valence-corrected chi connectivity index (χ3v) is 4.81. The summed E-state index contributed by atoms with van der Waals surface area (Å²) < 4.78 is 0. The minimum absolute atomic E-state index is 0.00225. The molecule has 2 N–H and O–H groups in total.